The van der Waals surface area contributed by atoms with E-state index in [4.69, 9.17) is 4.74 Å². The van der Waals surface area contributed by atoms with Crippen LogP contribution in [0.15, 0.2) is 18.6 Å². The van der Waals surface area contributed by atoms with Crippen LogP contribution in [0.4, 0.5) is 19.0 Å². The van der Waals surface area contributed by atoms with Crippen molar-refractivity contribution in [2.45, 2.75) is 25.1 Å². The van der Waals surface area contributed by atoms with Gasteiger partial charge in [-0.15, -0.1) is 0 Å². The largest absolute Gasteiger partial charge is 0.434 e. The van der Waals surface area contributed by atoms with Crippen LogP contribution in [0, 0.1) is 0 Å². The fourth-order valence-corrected chi connectivity index (χ4v) is 2.20. The number of aromatic nitrogens is 3. The van der Waals surface area contributed by atoms with Crippen molar-refractivity contribution in [3.05, 3.63) is 24.3 Å². The van der Waals surface area contributed by atoms with Crippen LogP contribution in [0.1, 0.15) is 18.5 Å². The van der Waals surface area contributed by atoms with Crippen molar-refractivity contribution in [1.29, 1.82) is 0 Å². The summed E-state index contributed by atoms with van der Waals surface area (Å²) in [7, 11) is 0. The van der Waals surface area contributed by atoms with Gasteiger partial charge in [-0.1, -0.05) is 0 Å². The van der Waals surface area contributed by atoms with E-state index in [2.05, 4.69) is 15.3 Å². The number of fused-ring (bicyclic) bond motifs is 1. The molecule has 8 heteroatoms. The molecule has 20 heavy (non-hydrogen) atoms. The van der Waals surface area contributed by atoms with Gasteiger partial charge in [0, 0.05) is 31.7 Å². The van der Waals surface area contributed by atoms with Gasteiger partial charge in [-0.05, 0) is 12.8 Å². The second-order valence-electron chi connectivity index (χ2n) is 4.65. The second-order valence-corrected chi connectivity index (χ2v) is 4.65. The molecule has 1 saturated heterocycles. The number of imidazole rings is 1. The Morgan fingerprint density at radius 2 is 2.30 bits per heavy atom. The zero-order valence-electron chi connectivity index (χ0n) is 10.5. The molecule has 1 fully saturated rings. The highest BCUT2D eigenvalue weighted by Crippen LogP contribution is 2.29. The summed E-state index contributed by atoms with van der Waals surface area (Å²) in [4.78, 5) is 7.65. The number of anilines is 1. The topological polar surface area (TPSA) is 51.5 Å². The predicted molar refractivity (Wildman–Crippen MR) is 65.5 cm³/mol. The van der Waals surface area contributed by atoms with E-state index in [1.165, 1.54) is 16.8 Å². The minimum Gasteiger partial charge on any atom is -0.376 e. The van der Waals surface area contributed by atoms with Crippen LogP contribution in [0.2, 0.25) is 0 Å². The highest BCUT2D eigenvalue weighted by atomic mass is 19.4. The number of ether oxygens (including phenoxy) is 1. The van der Waals surface area contributed by atoms with Crippen LogP contribution in [-0.2, 0) is 10.9 Å². The molecule has 1 unspecified atom stereocenters. The molecule has 2 aromatic heterocycles. The van der Waals surface area contributed by atoms with Crippen molar-refractivity contribution >= 4 is 11.5 Å². The maximum atomic E-state index is 12.7. The average Bonchev–Trinajstić information content (AvgIpc) is 3.04. The van der Waals surface area contributed by atoms with E-state index in [0.717, 1.165) is 25.6 Å². The molecule has 0 saturated carbocycles. The normalized spacial score (nSPS) is 19.6. The molecule has 2 aromatic rings. The van der Waals surface area contributed by atoms with Crippen LogP contribution >= 0.6 is 0 Å². The van der Waals surface area contributed by atoms with Gasteiger partial charge in [0.25, 0.3) is 0 Å². The number of nitrogens with one attached hydrogen (secondary N) is 1. The summed E-state index contributed by atoms with van der Waals surface area (Å²) in [5.74, 6) is 0.332. The molecule has 1 atom stereocenters. The van der Waals surface area contributed by atoms with Gasteiger partial charge in [0.2, 0.25) is 0 Å². The van der Waals surface area contributed by atoms with Gasteiger partial charge >= 0.3 is 6.18 Å². The molecule has 108 valence electrons. The minimum atomic E-state index is -4.46. The fraction of sp³-hybridized carbons (Fsp3) is 0.500. The molecular weight excluding hydrogens is 273 g/mol. The maximum absolute atomic E-state index is 12.7. The van der Waals surface area contributed by atoms with Gasteiger partial charge in [-0.25, -0.2) is 9.97 Å². The van der Waals surface area contributed by atoms with Gasteiger partial charge in [0.15, 0.2) is 17.2 Å². The van der Waals surface area contributed by atoms with E-state index in [-0.39, 0.29) is 11.8 Å². The van der Waals surface area contributed by atoms with E-state index in [1.54, 1.807) is 0 Å². The van der Waals surface area contributed by atoms with E-state index in [1.807, 2.05) is 0 Å². The number of halogens is 3. The van der Waals surface area contributed by atoms with Gasteiger partial charge in [-0.3, -0.25) is 0 Å². The van der Waals surface area contributed by atoms with Gasteiger partial charge in [0.1, 0.15) is 0 Å². The Bertz CT molecular complexity index is 604. The summed E-state index contributed by atoms with van der Waals surface area (Å²) in [6.45, 7) is 1.24. The third kappa shape index (κ3) is 2.55. The van der Waals surface area contributed by atoms with E-state index >= 15 is 0 Å². The van der Waals surface area contributed by atoms with Crippen molar-refractivity contribution in [1.82, 2.24) is 14.4 Å². The summed E-state index contributed by atoms with van der Waals surface area (Å²) >= 11 is 0. The Hall–Kier alpha value is -1.83. The second kappa shape index (κ2) is 4.93. The Balaban J connectivity index is 1.84. The van der Waals surface area contributed by atoms with Gasteiger partial charge in [0.05, 0.1) is 6.10 Å². The van der Waals surface area contributed by atoms with E-state index in [9.17, 15) is 13.2 Å². The standard InChI is InChI=1S/C12H13F3N4O/c13-12(14,15)9-7-19-4-3-16-10(11(19)18-9)17-6-8-2-1-5-20-8/h3-4,7-8H,1-2,5-6H2,(H,16,17). The number of rotatable bonds is 3. The van der Waals surface area contributed by atoms with Crippen molar-refractivity contribution < 1.29 is 17.9 Å². The van der Waals surface area contributed by atoms with Crippen LogP contribution in [0.25, 0.3) is 5.65 Å². The lowest BCUT2D eigenvalue weighted by atomic mass is 10.2. The third-order valence-corrected chi connectivity index (χ3v) is 3.19. The Labute approximate surface area is 112 Å². The molecule has 3 rings (SSSR count). The minimum absolute atomic E-state index is 0.0779. The van der Waals surface area contributed by atoms with E-state index < -0.39 is 11.9 Å². The summed E-state index contributed by atoms with van der Waals surface area (Å²) in [5, 5.41) is 3.01. The highest BCUT2D eigenvalue weighted by molar-refractivity contribution is 5.63. The van der Waals surface area contributed by atoms with Crippen molar-refractivity contribution in [2.75, 3.05) is 18.5 Å². The molecule has 0 aromatic carbocycles. The van der Waals surface area contributed by atoms with Gasteiger partial charge in [-0.2, -0.15) is 13.2 Å². The monoisotopic (exact) mass is 286 g/mol. The Morgan fingerprint density at radius 1 is 1.45 bits per heavy atom. The molecule has 3 heterocycles. The molecule has 1 N–H and O–H groups in total. The number of alkyl halides is 3. The smallest absolute Gasteiger partial charge is 0.376 e. The van der Waals surface area contributed by atoms with E-state index in [0.29, 0.717) is 12.4 Å². The van der Waals surface area contributed by atoms with Crippen molar-refractivity contribution in [2.24, 2.45) is 0 Å². The summed E-state index contributed by atoms with van der Waals surface area (Å²) in [6, 6.07) is 0. The van der Waals surface area contributed by atoms with Crippen LogP contribution < -0.4 is 5.32 Å². The molecule has 0 amide bonds. The molecule has 1 aliphatic heterocycles. The Morgan fingerprint density at radius 3 is 3.00 bits per heavy atom. The van der Waals surface area contributed by atoms with Crippen molar-refractivity contribution in [3.8, 4) is 0 Å². The molecular formula is C12H13F3N4O. The van der Waals surface area contributed by atoms with Gasteiger partial charge < -0.3 is 14.5 Å². The highest BCUT2D eigenvalue weighted by Gasteiger charge is 2.34. The lowest BCUT2D eigenvalue weighted by Crippen LogP contribution is -2.19. The number of hydrogen-bond acceptors (Lipinski definition) is 4. The zero-order chi connectivity index (χ0) is 14.2. The molecule has 0 radical (unpaired) electrons. The average molecular weight is 286 g/mol. The molecule has 0 aliphatic carbocycles. The lowest BCUT2D eigenvalue weighted by Gasteiger charge is -2.11. The van der Waals surface area contributed by atoms with Crippen LogP contribution in [-0.4, -0.2) is 33.6 Å². The quantitative estimate of drug-likeness (QED) is 0.941. The van der Waals surface area contributed by atoms with Crippen molar-refractivity contribution in [3.63, 3.8) is 0 Å². The number of nitrogens with zero attached hydrogens (tertiary/aromatic N) is 3. The Kier molecular flexibility index (Phi) is 3.25. The lowest BCUT2D eigenvalue weighted by molar-refractivity contribution is -0.140. The fourth-order valence-electron chi connectivity index (χ4n) is 2.20. The SMILES string of the molecule is FC(F)(F)c1cn2ccnc(NCC3CCCO3)c2n1. The summed E-state index contributed by atoms with van der Waals surface area (Å²) in [5.41, 5.74) is -0.761. The molecule has 0 bridgehead atoms. The first-order valence-electron chi connectivity index (χ1n) is 6.30. The number of hydrogen-bond donors (Lipinski definition) is 1. The third-order valence-electron chi connectivity index (χ3n) is 3.19. The zero-order valence-corrected chi connectivity index (χ0v) is 10.5. The maximum Gasteiger partial charge on any atom is 0.434 e. The summed E-state index contributed by atoms with van der Waals surface area (Å²) in [6.07, 6.45) is 1.39. The first-order valence-corrected chi connectivity index (χ1v) is 6.30. The first kappa shape index (κ1) is 13.2. The predicted octanol–water partition coefficient (Wildman–Crippen LogP) is 2.34. The molecule has 0 spiro atoms. The molecule has 1 aliphatic rings. The first-order chi connectivity index (χ1) is 9.54. The van der Waals surface area contributed by atoms with Crippen LogP contribution in [0.3, 0.4) is 0 Å². The molecule has 5 nitrogen and oxygen atoms in total. The van der Waals surface area contributed by atoms with Crippen LogP contribution in [0.5, 0.6) is 0 Å². The summed E-state index contributed by atoms with van der Waals surface area (Å²) < 4.78 is 44.7.